The lowest BCUT2D eigenvalue weighted by Gasteiger charge is -2.32. The Hall–Kier alpha value is -2.28. The minimum atomic E-state index is -0.705. The number of fused-ring (bicyclic) bond motifs is 2. The zero-order valence-electron chi connectivity index (χ0n) is 16.3. The molecule has 2 heterocycles. The van der Waals surface area contributed by atoms with Crippen LogP contribution >= 0.6 is 0 Å². The topological polar surface area (TPSA) is 79.3 Å². The molecule has 1 aromatic carbocycles. The van der Waals surface area contributed by atoms with Crippen molar-refractivity contribution >= 4 is 11.9 Å². The van der Waals surface area contributed by atoms with Gasteiger partial charge in [-0.05, 0) is 37.8 Å². The molecular formula is C21H28N2O5. The molecular weight excluding hydrogens is 360 g/mol. The Morgan fingerprint density at radius 3 is 2.82 bits per heavy atom. The number of nitrogens with zero attached hydrogens (tertiary/aromatic N) is 2. The lowest BCUT2D eigenvalue weighted by atomic mass is 9.81. The van der Waals surface area contributed by atoms with Gasteiger partial charge in [0.05, 0.1) is 18.5 Å². The van der Waals surface area contributed by atoms with Crippen molar-refractivity contribution in [3.05, 3.63) is 24.3 Å². The maximum atomic E-state index is 12.9. The summed E-state index contributed by atoms with van der Waals surface area (Å²) in [6.07, 6.45) is 2.44. The molecule has 2 aliphatic heterocycles. The van der Waals surface area contributed by atoms with Crippen molar-refractivity contribution < 1.29 is 24.2 Å². The van der Waals surface area contributed by atoms with Gasteiger partial charge in [0.25, 0.3) is 0 Å². The van der Waals surface area contributed by atoms with Crippen molar-refractivity contribution in [1.82, 2.24) is 9.80 Å². The molecule has 1 saturated carbocycles. The number of carboxylic acid groups (broad SMARTS) is 1. The maximum absolute atomic E-state index is 12.9. The highest BCUT2D eigenvalue weighted by Gasteiger charge is 2.54. The van der Waals surface area contributed by atoms with E-state index in [-0.39, 0.29) is 24.5 Å². The molecule has 7 heteroatoms. The Kier molecular flexibility index (Phi) is 5.19. The van der Waals surface area contributed by atoms with Gasteiger partial charge in [-0.15, -0.1) is 0 Å². The third-order valence-corrected chi connectivity index (χ3v) is 6.45. The van der Waals surface area contributed by atoms with Crippen LogP contribution in [0.25, 0.3) is 0 Å². The quantitative estimate of drug-likeness (QED) is 0.801. The number of carbonyl (C=O) groups is 2. The summed E-state index contributed by atoms with van der Waals surface area (Å²) in [5, 5.41) is 9.73. The number of hydrogen-bond acceptors (Lipinski definition) is 5. The molecule has 7 nitrogen and oxygen atoms in total. The van der Waals surface area contributed by atoms with Crippen LogP contribution in [0.4, 0.5) is 0 Å². The van der Waals surface area contributed by atoms with E-state index in [1.807, 2.05) is 36.1 Å². The predicted octanol–water partition coefficient (Wildman–Crippen LogP) is 1.86. The Balaban J connectivity index is 1.34. The molecule has 0 radical (unpaired) electrons. The highest BCUT2D eigenvalue weighted by atomic mass is 16.6. The van der Waals surface area contributed by atoms with Crippen LogP contribution in [0.2, 0.25) is 0 Å². The first-order valence-electron chi connectivity index (χ1n) is 10.1. The van der Waals surface area contributed by atoms with E-state index in [1.54, 1.807) is 4.90 Å². The summed E-state index contributed by atoms with van der Waals surface area (Å²) in [4.78, 5) is 28.5. The lowest BCUT2D eigenvalue weighted by molar-refractivity contribution is -0.149. The van der Waals surface area contributed by atoms with E-state index in [2.05, 4.69) is 0 Å². The predicted molar refractivity (Wildman–Crippen MR) is 102 cm³/mol. The molecule has 3 atom stereocenters. The Bertz CT molecular complexity index is 754. The summed E-state index contributed by atoms with van der Waals surface area (Å²) in [5.41, 5.74) is -0.651. The number of carboxylic acids is 1. The van der Waals surface area contributed by atoms with E-state index in [0.717, 1.165) is 25.0 Å². The van der Waals surface area contributed by atoms with Gasteiger partial charge in [0, 0.05) is 19.6 Å². The summed E-state index contributed by atoms with van der Waals surface area (Å²) >= 11 is 0. The molecule has 1 N–H and O–H groups in total. The first-order chi connectivity index (χ1) is 13.5. The van der Waals surface area contributed by atoms with Crippen molar-refractivity contribution in [3.8, 4) is 11.5 Å². The van der Waals surface area contributed by atoms with Crippen molar-refractivity contribution in [2.75, 3.05) is 39.3 Å². The highest BCUT2D eigenvalue weighted by Crippen LogP contribution is 2.48. The molecule has 0 bridgehead atoms. The van der Waals surface area contributed by atoms with Crippen molar-refractivity contribution in [1.29, 1.82) is 0 Å². The van der Waals surface area contributed by atoms with Crippen molar-refractivity contribution in [2.45, 2.75) is 32.3 Å². The zero-order valence-corrected chi connectivity index (χ0v) is 16.3. The zero-order chi connectivity index (χ0) is 19.7. The van der Waals surface area contributed by atoms with Gasteiger partial charge in [-0.3, -0.25) is 14.5 Å². The number of likely N-dealkylation sites (tertiary alicyclic amines) is 1. The lowest BCUT2D eigenvalue weighted by Crippen LogP contribution is -2.47. The number of aliphatic carboxylic acids is 1. The number of rotatable bonds is 6. The fraction of sp³-hybridized carbons (Fsp3) is 0.619. The monoisotopic (exact) mass is 388 g/mol. The second-order valence-corrected chi connectivity index (χ2v) is 8.15. The van der Waals surface area contributed by atoms with Gasteiger partial charge in [0.2, 0.25) is 5.91 Å². The number of para-hydroxylation sites is 2. The van der Waals surface area contributed by atoms with E-state index in [1.165, 1.54) is 0 Å². The second-order valence-electron chi connectivity index (χ2n) is 8.15. The van der Waals surface area contributed by atoms with E-state index < -0.39 is 11.4 Å². The molecule has 2 fully saturated rings. The summed E-state index contributed by atoms with van der Waals surface area (Å²) in [6, 6.07) is 7.54. The van der Waals surface area contributed by atoms with E-state index >= 15 is 0 Å². The Morgan fingerprint density at radius 1 is 1.32 bits per heavy atom. The molecule has 0 aromatic heterocycles. The largest absolute Gasteiger partial charge is 0.486 e. The van der Waals surface area contributed by atoms with Crippen molar-refractivity contribution in [3.63, 3.8) is 0 Å². The van der Waals surface area contributed by atoms with E-state index in [4.69, 9.17) is 9.47 Å². The number of ether oxygens (including phenoxy) is 2. The van der Waals surface area contributed by atoms with Crippen LogP contribution in [-0.2, 0) is 9.59 Å². The number of likely N-dealkylation sites (N-methyl/N-ethyl adjacent to an activating group) is 1. The molecule has 4 rings (SSSR count). The molecule has 1 aromatic rings. The van der Waals surface area contributed by atoms with Gasteiger partial charge < -0.3 is 19.5 Å². The minimum Gasteiger partial charge on any atom is -0.486 e. The third kappa shape index (κ3) is 3.43. The van der Waals surface area contributed by atoms with Gasteiger partial charge in [-0.2, -0.15) is 0 Å². The maximum Gasteiger partial charge on any atom is 0.311 e. The van der Waals surface area contributed by atoms with Gasteiger partial charge in [-0.25, -0.2) is 0 Å². The van der Waals surface area contributed by atoms with Crippen LogP contribution < -0.4 is 9.47 Å². The van der Waals surface area contributed by atoms with E-state index in [0.29, 0.717) is 38.5 Å². The van der Waals surface area contributed by atoms with Crippen LogP contribution in [0.1, 0.15) is 26.2 Å². The standard InChI is InChI=1S/C21H28N2O5/c1-2-23(11-16-13-27-17-7-3-4-8-18(17)28-16)19(24)12-22-10-15-6-5-9-21(15,14-22)20(25)26/h3-4,7-8,15-16H,2,5-6,9-14H2,1H3,(H,25,26)/t15-,16?,21+/m0/s1. The first-order valence-corrected chi connectivity index (χ1v) is 10.1. The Labute approximate surface area is 165 Å². The number of benzene rings is 1. The normalized spacial score (nSPS) is 28.8. The van der Waals surface area contributed by atoms with Gasteiger partial charge >= 0.3 is 5.97 Å². The average molecular weight is 388 g/mol. The summed E-state index contributed by atoms with van der Waals surface area (Å²) < 4.78 is 11.7. The molecule has 0 spiro atoms. The molecule has 1 saturated heterocycles. The second kappa shape index (κ2) is 7.62. The van der Waals surface area contributed by atoms with Crippen molar-refractivity contribution in [2.24, 2.45) is 11.3 Å². The fourth-order valence-electron chi connectivity index (χ4n) is 4.96. The minimum absolute atomic E-state index is 0.0190. The molecule has 1 aliphatic carbocycles. The molecule has 1 unspecified atom stereocenters. The Morgan fingerprint density at radius 2 is 2.11 bits per heavy atom. The molecule has 3 aliphatic rings. The van der Waals surface area contributed by atoms with E-state index in [9.17, 15) is 14.7 Å². The summed E-state index contributed by atoms with van der Waals surface area (Å²) in [7, 11) is 0. The number of amides is 1. The fourth-order valence-corrected chi connectivity index (χ4v) is 4.96. The van der Waals surface area contributed by atoms with Crippen LogP contribution in [0, 0.1) is 11.3 Å². The summed E-state index contributed by atoms with van der Waals surface area (Å²) in [5.74, 6) is 0.919. The average Bonchev–Trinajstić information content (AvgIpc) is 3.24. The smallest absolute Gasteiger partial charge is 0.311 e. The van der Waals surface area contributed by atoms with Gasteiger partial charge in [0.15, 0.2) is 17.6 Å². The van der Waals surface area contributed by atoms with Gasteiger partial charge in [0.1, 0.15) is 6.61 Å². The third-order valence-electron chi connectivity index (χ3n) is 6.45. The highest BCUT2D eigenvalue weighted by molar-refractivity contribution is 5.79. The van der Waals surface area contributed by atoms with Crippen LogP contribution in [0.3, 0.4) is 0 Å². The number of hydrogen-bond donors (Lipinski definition) is 1. The van der Waals surface area contributed by atoms with Crippen LogP contribution in [0.15, 0.2) is 24.3 Å². The number of carbonyl (C=O) groups excluding carboxylic acids is 1. The molecule has 152 valence electrons. The van der Waals surface area contributed by atoms with Crippen LogP contribution in [-0.4, -0.2) is 72.2 Å². The molecule has 28 heavy (non-hydrogen) atoms. The SMILES string of the molecule is CCN(CC1COc2ccccc2O1)C(=O)CN1C[C@@H]2CCC[C@@]2(C(=O)O)C1. The molecule has 1 amide bonds. The van der Waals surface area contributed by atoms with Gasteiger partial charge in [-0.1, -0.05) is 18.6 Å². The first kappa shape index (κ1) is 19.1. The summed E-state index contributed by atoms with van der Waals surface area (Å²) in [6.45, 7) is 4.86. The van der Waals surface area contributed by atoms with Crippen LogP contribution in [0.5, 0.6) is 11.5 Å².